The molecule has 1 aliphatic rings. The summed E-state index contributed by atoms with van der Waals surface area (Å²) in [6.07, 6.45) is 3.67. The first-order valence-corrected chi connectivity index (χ1v) is 9.14. The molecule has 2 heterocycles. The fourth-order valence-corrected chi connectivity index (χ4v) is 3.25. The SMILES string of the molecule is Cc1cc(N(C)C)nc(N[C@H]2CC[C@@H](NC(=O)c3ccc(Cl)o3)CC2)n1. The van der Waals surface area contributed by atoms with Gasteiger partial charge in [-0.3, -0.25) is 4.79 Å². The third-order valence-corrected chi connectivity index (χ3v) is 4.69. The van der Waals surface area contributed by atoms with Crippen LogP contribution in [0.5, 0.6) is 0 Å². The van der Waals surface area contributed by atoms with Crippen LogP contribution in [0.3, 0.4) is 0 Å². The van der Waals surface area contributed by atoms with E-state index in [0.29, 0.717) is 12.0 Å². The van der Waals surface area contributed by atoms with Crippen molar-refractivity contribution < 1.29 is 9.21 Å². The van der Waals surface area contributed by atoms with Gasteiger partial charge in [-0.15, -0.1) is 0 Å². The highest BCUT2D eigenvalue weighted by atomic mass is 35.5. The van der Waals surface area contributed by atoms with E-state index >= 15 is 0 Å². The lowest BCUT2D eigenvalue weighted by molar-refractivity contribution is 0.0898. The number of carbonyl (C=O) groups excluding carboxylic acids is 1. The molecule has 7 nitrogen and oxygen atoms in total. The van der Waals surface area contributed by atoms with E-state index in [-0.39, 0.29) is 22.9 Å². The zero-order valence-corrected chi connectivity index (χ0v) is 16.0. The molecule has 0 bridgehead atoms. The number of anilines is 2. The van der Waals surface area contributed by atoms with Gasteiger partial charge in [0.05, 0.1) is 0 Å². The van der Waals surface area contributed by atoms with Gasteiger partial charge in [0.25, 0.3) is 5.91 Å². The maximum Gasteiger partial charge on any atom is 0.287 e. The highest BCUT2D eigenvalue weighted by molar-refractivity contribution is 6.29. The van der Waals surface area contributed by atoms with Crippen molar-refractivity contribution in [3.63, 3.8) is 0 Å². The lowest BCUT2D eigenvalue weighted by Crippen LogP contribution is -2.40. The van der Waals surface area contributed by atoms with E-state index in [1.165, 1.54) is 0 Å². The first-order valence-electron chi connectivity index (χ1n) is 8.76. The molecule has 2 N–H and O–H groups in total. The van der Waals surface area contributed by atoms with Gasteiger partial charge >= 0.3 is 0 Å². The van der Waals surface area contributed by atoms with Gasteiger partial charge in [0.2, 0.25) is 5.95 Å². The molecule has 0 saturated heterocycles. The van der Waals surface area contributed by atoms with E-state index in [1.807, 2.05) is 32.0 Å². The molecular formula is C18H24ClN5O2. The van der Waals surface area contributed by atoms with Gasteiger partial charge in [-0.1, -0.05) is 0 Å². The van der Waals surface area contributed by atoms with Crippen molar-refractivity contribution in [3.05, 3.63) is 34.9 Å². The number of amides is 1. The number of aromatic nitrogens is 2. The largest absolute Gasteiger partial charge is 0.440 e. The highest BCUT2D eigenvalue weighted by Crippen LogP contribution is 2.23. The quantitative estimate of drug-likeness (QED) is 0.832. The normalized spacial score (nSPS) is 19.8. The van der Waals surface area contributed by atoms with E-state index in [1.54, 1.807) is 12.1 Å². The van der Waals surface area contributed by atoms with Crippen LogP contribution in [0.25, 0.3) is 0 Å². The Morgan fingerprint density at radius 3 is 2.50 bits per heavy atom. The Morgan fingerprint density at radius 2 is 1.88 bits per heavy atom. The van der Waals surface area contributed by atoms with Crippen molar-refractivity contribution in [2.45, 2.75) is 44.7 Å². The topological polar surface area (TPSA) is 83.3 Å². The minimum absolute atomic E-state index is 0.139. The second-order valence-corrected chi connectivity index (χ2v) is 7.23. The number of aryl methyl sites for hydroxylation is 1. The standard InChI is InChI=1S/C18H24ClN5O2/c1-11-10-16(24(2)3)23-18(20-11)22-13-6-4-12(5-7-13)21-17(25)14-8-9-15(19)26-14/h8-10,12-13H,4-7H2,1-3H3,(H,21,25)(H,20,22,23)/t12-,13+. The zero-order chi connectivity index (χ0) is 18.7. The maximum atomic E-state index is 12.1. The second kappa shape index (κ2) is 7.95. The number of halogens is 1. The second-order valence-electron chi connectivity index (χ2n) is 6.86. The van der Waals surface area contributed by atoms with Crippen molar-refractivity contribution in [2.24, 2.45) is 0 Å². The zero-order valence-electron chi connectivity index (χ0n) is 15.3. The Bertz CT molecular complexity index is 769. The summed E-state index contributed by atoms with van der Waals surface area (Å²) in [6, 6.07) is 5.56. The molecule has 26 heavy (non-hydrogen) atoms. The maximum absolute atomic E-state index is 12.1. The van der Waals surface area contributed by atoms with Crippen LogP contribution in [0.4, 0.5) is 11.8 Å². The van der Waals surface area contributed by atoms with E-state index in [9.17, 15) is 4.79 Å². The van der Waals surface area contributed by atoms with Crippen LogP contribution in [-0.4, -0.2) is 42.1 Å². The van der Waals surface area contributed by atoms with Crippen molar-refractivity contribution >= 4 is 29.3 Å². The lowest BCUT2D eigenvalue weighted by Gasteiger charge is -2.29. The molecule has 1 saturated carbocycles. The smallest absolute Gasteiger partial charge is 0.287 e. The minimum Gasteiger partial charge on any atom is -0.440 e. The van der Waals surface area contributed by atoms with Gasteiger partial charge < -0.3 is 20.0 Å². The Balaban J connectivity index is 1.52. The Morgan fingerprint density at radius 1 is 1.19 bits per heavy atom. The molecular weight excluding hydrogens is 354 g/mol. The third-order valence-electron chi connectivity index (χ3n) is 4.49. The summed E-state index contributed by atoms with van der Waals surface area (Å²) in [7, 11) is 3.93. The predicted octanol–water partition coefficient (Wildman–Crippen LogP) is 3.25. The number of hydrogen-bond acceptors (Lipinski definition) is 6. The van der Waals surface area contributed by atoms with E-state index in [2.05, 4.69) is 20.6 Å². The molecule has 0 unspecified atom stereocenters. The van der Waals surface area contributed by atoms with Crippen LogP contribution < -0.4 is 15.5 Å². The summed E-state index contributed by atoms with van der Waals surface area (Å²) in [5.74, 6) is 1.58. The van der Waals surface area contributed by atoms with Gasteiger partial charge in [-0.05, 0) is 56.3 Å². The van der Waals surface area contributed by atoms with Crippen LogP contribution >= 0.6 is 11.6 Å². The summed E-state index contributed by atoms with van der Waals surface area (Å²) in [5.41, 5.74) is 0.934. The third kappa shape index (κ3) is 4.66. The monoisotopic (exact) mass is 377 g/mol. The van der Waals surface area contributed by atoms with Crippen LogP contribution in [0.2, 0.25) is 5.22 Å². The number of nitrogens with zero attached hydrogens (tertiary/aromatic N) is 3. The summed E-state index contributed by atoms with van der Waals surface area (Å²) in [5, 5.41) is 6.66. The Labute approximate surface area is 158 Å². The van der Waals surface area contributed by atoms with E-state index < -0.39 is 0 Å². The van der Waals surface area contributed by atoms with Crippen molar-refractivity contribution in [1.82, 2.24) is 15.3 Å². The molecule has 0 aliphatic heterocycles. The van der Waals surface area contributed by atoms with Gasteiger partial charge in [-0.2, -0.15) is 4.98 Å². The molecule has 0 atom stereocenters. The van der Waals surface area contributed by atoms with Crippen LogP contribution in [0.15, 0.2) is 22.6 Å². The van der Waals surface area contributed by atoms with Crippen LogP contribution in [0.1, 0.15) is 41.9 Å². The Kier molecular flexibility index (Phi) is 5.66. The lowest BCUT2D eigenvalue weighted by atomic mass is 9.91. The van der Waals surface area contributed by atoms with Crippen molar-refractivity contribution in [2.75, 3.05) is 24.3 Å². The number of furan rings is 1. The molecule has 3 rings (SSSR count). The van der Waals surface area contributed by atoms with Gasteiger partial charge in [0, 0.05) is 37.9 Å². The molecule has 140 valence electrons. The van der Waals surface area contributed by atoms with Gasteiger partial charge in [0.1, 0.15) is 5.82 Å². The Hall–Kier alpha value is -2.28. The molecule has 1 amide bonds. The average molecular weight is 378 g/mol. The molecule has 0 spiro atoms. The fourth-order valence-electron chi connectivity index (χ4n) is 3.10. The summed E-state index contributed by atoms with van der Waals surface area (Å²) in [4.78, 5) is 23.1. The summed E-state index contributed by atoms with van der Waals surface area (Å²) >= 11 is 5.72. The first-order chi connectivity index (χ1) is 12.4. The number of rotatable bonds is 5. The number of hydrogen-bond donors (Lipinski definition) is 2. The summed E-state index contributed by atoms with van der Waals surface area (Å²) < 4.78 is 5.15. The van der Waals surface area contributed by atoms with E-state index in [4.69, 9.17) is 16.0 Å². The van der Waals surface area contributed by atoms with Crippen molar-refractivity contribution in [3.8, 4) is 0 Å². The van der Waals surface area contributed by atoms with Crippen LogP contribution in [0, 0.1) is 6.92 Å². The highest BCUT2D eigenvalue weighted by Gasteiger charge is 2.24. The molecule has 1 aliphatic carbocycles. The average Bonchev–Trinajstić information content (AvgIpc) is 3.03. The minimum atomic E-state index is -0.217. The van der Waals surface area contributed by atoms with Crippen molar-refractivity contribution in [1.29, 1.82) is 0 Å². The van der Waals surface area contributed by atoms with E-state index in [0.717, 1.165) is 37.2 Å². The molecule has 0 radical (unpaired) electrons. The number of nitrogens with one attached hydrogen (secondary N) is 2. The fraction of sp³-hybridized carbons (Fsp3) is 0.500. The number of carbonyl (C=O) groups is 1. The predicted molar refractivity (Wildman–Crippen MR) is 102 cm³/mol. The molecule has 8 heteroatoms. The van der Waals surface area contributed by atoms with Gasteiger partial charge in [-0.25, -0.2) is 4.98 Å². The first kappa shape index (κ1) is 18.5. The molecule has 1 fully saturated rings. The van der Waals surface area contributed by atoms with Crippen LogP contribution in [-0.2, 0) is 0 Å². The van der Waals surface area contributed by atoms with Gasteiger partial charge in [0.15, 0.2) is 11.0 Å². The summed E-state index contributed by atoms with van der Waals surface area (Å²) in [6.45, 7) is 1.97. The molecule has 2 aromatic rings. The molecule has 2 aromatic heterocycles. The molecule has 0 aromatic carbocycles.